The van der Waals surface area contributed by atoms with Crippen molar-refractivity contribution in [3.8, 4) is 0 Å². The molecule has 1 aromatic rings. The van der Waals surface area contributed by atoms with Crippen molar-refractivity contribution < 1.29 is 0 Å². The molecule has 1 aliphatic heterocycles. The second-order valence-corrected chi connectivity index (χ2v) is 4.01. The van der Waals surface area contributed by atoms with E-state index in [2.05, 4.69) is 28.9 Å². The number of likely N-dealkylation sites (N-methyl/N-ethyl adjacent to an activating group) is 1. The first-order chi connectivity index (χ1) is 7.29. The van der Waals surface area contributed by atoms with Crippen LogP contribution in [0.25, 0.3) is 0 Å². The lowest BCUT2D eigenvalue weighted by Gasteiger charge is -2.35. The quantitative estimate of drug-likeness (QED) is 0.802. The molecule has 1 heterocycles. The molecule has 1 aromatic carbocycles. The summed E-state index contributed by atoms with van der Waals surface area (Å²) in [5, 5.41) is 0. The van der Waals surface area contributed by atoms with Crippen LogP contribution in [-0.2, 0) is 0 Å². The van der Waals surface area contributed by atoms with E-state index in [4.69, 9.17) is 5.73 Å². The Kier molecular flexibility index (Phi) is 4.90. The Balaban J connectivity index is 0.00000128. The van der Waals surface area contributed by atoms with Crippen LogP contribution >= 0.6 is 12.4 Å². The van der Waals surface area contributed by atoms with E-state index in [1.807, 2.05) is 12.1 Å². The lowest BCUT2D eigenvalue weighted by Crippen LogP contribution is -2.46. The Bertz CT molecular complexity index is 305. The fraction of sp³-hybridized carbons (Fsp3) is 0.500. The first kappa shape index (κ1) is 13.1. The Morgan fingerprint density at radius 3 is 2.12 bits per heavy atom. The summed E-state index contributed by atoms with van der Waals surface area (Å²) < 4.78 is 0. The molecular formula is C12H20ClN3. The van der Waals surface area contributed by atoms with Crippen LogP contribution in [0.15, 0.2) is 24.3 Å². The molecule has 0 bridgehead atoms. The summed E-state index contributed by atoms with van der Waals surface area (Å²) in [7, 11) is 0. The van der Waals surface area contributed by atoms with Gasteiger partial charge in [0, 0.05) is 37.6 Å². The topological polar surface area (TPSA) is 32.5 Å². The summed E-state index contributed by atoms with van der Waals surface area (Å²) in [5.74, 6) is 0. The minimum absolute atomic E-state index is 0. The minimum Gasteiger partial charge on any atom is -0.399 e. The normalized spacial score (nSPS) is 16.9. The number of hydrogen-bond donors (Lipinski definition) is 1. The third-order valence-electron chi connectivity index (χ3n) is 3.08. The third-order valence-corrected chi connectivity index (χ3v) is 3.08. The molecule has 0 saturated carbocycles. The third kappa shape index (κ3) is 3.03. The van der Waals surface area contributed by atoms with E-state index in [1.165, 1.54) is 18.8 Å². The SMILES string of the molecule is CCN1CCN(c2ccc(N)cc2)CC1.Cl. The van der Waals surface area contributed by atoms with Gasteiger partial charge in [0.15, 0.2) is 0 Å². The van der Waals surface area contributed by atoms with Gasteiger partial charge in [-0.3, -0.25) is 0 Å². The van der Waals surface area contributed by atoms with Crippen molar-refractivity contribution in [2.45, 2.75) is 6.92 Å². The van der Waals surface area contributed by atoms with Gasteiger partial charge in [0.05, 0.1) is 0 Å². The number of nitrogens with zero attached hydrogens (tertiary/aromatic N) is 2. The Morgan fingerprint density at radius 2 is 1.62 bits per heavy atom. The van der Waals surface area contributed by atoms with E-state index in [-0.39, 0.29) is 12.4 Å². The van der Waals surface area contributed by atoms with Crippen molar-refractivity contribution in [2.24, 2.45) is 0 Å². The molecule has 0 atom stereocenters. The highest BCUT2D eigenvalue weighted by Gasteiger charge is 2.15. The maximum absolute atomic E-state index is 5.67. The lowest BCUT2D eigenvalue weighted by molar-refractivity contribution is 0.271. The van der Waals surface area contributed by atoms with Gasteiger partial charge in [-0.2, -0.15) is 0 Å². The van der Waals surface area contributed by atoms with Gasteiger partial charge >= 0.3 is 0 Å². The molecule has 0 aromatic heterocycles. The molecule has 2 N–H and O–H groups in total. The van der Waals surface area contributed by atoms with Gasteiger partial charge in [-0.15, -0.1) is 12.4 Å². The van der Waals surface area contributed by atoms with Crippen LogP contribution in [0.4, 0.5) is 11.4 Å². The largest absolute Gasteiger partial charge is 0.399 e. The summed E-state index contributed by atoms with van der Waals surface area (Å²) in [5.41, 5.74) is 7.80. The maximum atomic E-state index is 5.67. The van der Waals surface area contributed by atoms with Crippen molar-refractivity contribution in [1.29, 1.82) is 0 Å². The number of nitrogen functional groups attached to an aromatic ring is 1. The van der Waals surface area contributed by atoms with E-state index < -0.39 is 0 Å². The fourth-order valence-electron chi connectivity index (χ4n) is 2.01. The van der Waals surface area contributed by atoms with Crippen LogP contribution in [0.1, 0.15) is 6.92 Å². The molecule has 16 heavy (non-hydrogen) atoms. The van der Waals surface area contributed by atoms with Gasteiger partial charge < -0.3 is 15.5 Å². The standard InChI is InChI=1S/C12H19N3.ClH/c1-2-14-7-9-15(10-8-14)12-5-3-11(13)4-6-12;/h3-6H,2,7-10,13H2,1H3;1H. The van der Waals surface area contributed by atoms with Crippen molar-refractivity contribution in [3.63, 3.8) is 0 Å². The van der Waals surface area contributed by atoms with Crippen molar-refractivity contribution in [3.05, 3.63) is 24.3 Å². The minimum atomic E-state index is 0. The fourth-order valence-corrected chi connectivity index (χ4v) is 2.01. The van der Waals surface area contributed by atoms with Crippen molar-refractivity contribution in [2.75, 3.05) is 43.4 Å². The lowest BCUT2D eigenvalue weighted by atomic mass is 10.2. The molecule has 0 radical (unpaired) electrons. The maximum Gasteiger partial charge on any atom is 0.0368 e. The number of benzene rings is 1. The molecule has 0 unspecified atom stereocenters. The van der Waals surface area contributed by atoms with Gasteiger partial charge in [0.25, 0.3) is 0 Å². The van der Waals surface area contributed by atoms with Gasteiger partial charge in [0.1, 0.15) is 0 Å². The molecule has 4 heteroatoms. The summed E-state index contributed by atoms with van der Waals surface area (Å²) in [6.07, 6.45) is 0. The molecule has 1 fully saturated rings. The zero-order valence-electron chi connectivity index (χ0n) is 9.72. The molecular weight excluding hydrogens is 222 g/mol. The number of nitrogens with two attached hydrogens (primary N) is 1. The zero-order valence-corrected chi connectivity index (χ0v) is 10.5. The van der Waals surface area contributed by atoms with Crippen molar-refractivity contribution in [1.82, 2.24) is 4.90 Å². The van der Waals surface area contributed by atoms with Crippen molar-refractivity contribution >= 4 is 23.8 Å². The van der Waals surface area contributed by atoms with E-state index in [0.29, 0.717) is 0 Å². The molecule has 3 nitrogen and oxygen atoms in total. The summed E-state index contributed by atoms with van der Waals surface area (Å²) >= 11 is 0. The molecule has 1 aliphatic rings. The monoisotopic (exact) mass is 241 g/mol. The molecule has 90 valence electrons. The Labute approximate surface area is 104 Å². The van der Waals surface area contributed by atoms with E-state index in [1.54, 1.807) is 0 Å². The molecule has 1 saturated heterocycles. The second kappa shape index (κ2) is 5.97. The van der Waals surface area contributed by atoms with Crippen LogP contribution in [-0.4, -0.2) is 37.6 Å². The highest BCUT2D eigenvalue weighted by molar-refractivity contribution is 5.85. The van der Waals surface area contributed by atoms with E-state index in [9.17, 15) is 0 Å². The van der Waals surface area contributed by atoms with Crippen LogP contribution < -0.4 is 10.6 Å². The van der Waals surface area contributed by atoms with Crippen LogP contribution in [0.2, 0.25) is 0 Å². The van der Waals surface area contributed by atoms with Crippen LogP contribution in [0.3, 0.4) is 0 Å². The number of anilines is 2. The summed E-state index contributed by atoms with van der Waals surface area (Å²) in [6, 6.07) is 8.16. The molecule has 0 spiro atoms. The Hall–Kier alpha value is -0.930. The first-order valence-electron chi connectivity index (χ1n) is 5.62. The first-order valence-corrected chi connectivity index (χ1v) is 5.62. The van der Waals surface area contributed by atoms with Gasteiger partial charge in [-0.05, 0) is 30.8 Å². The summed E-state index contributed by atoms with van der Waals surface area (Å²) in [6.45, 7) is 7.96. The Morgan fingerprint density at radius 1 is 1.06 bits per heavy atom. The highest BCUT2D eigenvalue weighted by atomic mass is 35.5. The number of rotatable bonds is 2. The molecule has 0 aliphatic carbocycles. The van der Waals surface area contributed by atoms with Crippen LogP contribution in [0.5, 0.6) is 0 Å². The zero-order chi connectivity index (χ0) is 10.7. The predicted molar refractivity (Wildman–Crippen MR) is 72.4 cm³/mol. The van der Waals surface area contributed by atoms with E-state index in [0.717, 1.165) is 25.3 Å². The van der Waals surface area contributed by atoms with Gasteiger partial charge in [-0.1, -0.05) is 6.92 Å². The number of halogens is 1. The average Bonchev–Trinajstić information content (AvgIpc) is 2.30. The van der Waals surface area contributed by atoms with E-state index >= 15 is 0 Å². The second-order valence-electron chi connectivity index (χ2n) is 4.01. The average molecular weight is 242 g/mol. The smallest absolute Gasteiger partial charge is 0.0368 e. The van der Waals surface area contributed by atoms with Gasteiger partial charge in [0.2, 0.25) is 0 Å². The summed E-state index contributed by atoms with van der Waals surface area (Å²) in [4.78, 5) is 4.90. The predicted octanol–water partition coefficient (Wildman–Crippen LogP) is 1.83. The van der Waals surface area contributed by atoms with Crippen LogP contribution in [0, 0.1) is 0 Å². The molecule has 2 rings (SSSR count). The molecule has 0 amide bonds. The number of piperazine rings is 1. The van der Waals surface area contributed by atoms with Gasteiger partial charge in [-0.25, -0.2) is 0 Å². The number of hydrogen-bond acceptors (Lipinski definition) is 3. The highest BCUT2D eigenvalue weighted by Crippen LogP contribution is 2.17.